The number of nitrogens with one attached hydrogen (secondary N) is 2. The number of ether oxygens (including phenoxy) is 1. The van der Waals surface area contributed by atoms with Crippen molar-refractivity contribution in [3.63, 3.8) is 0 Å². The third-order valence-electron chi connectivity index (χ3n) is 3.67. The number of aromatic hydroxyl groups is 1. The van der Waals surface area contributed by atoms with Gasteiger partial charge in [0.1, 0.15) is 5.75 Å². The molecule has 1 aliphatic heterocycles. The molecule has 0 spiro atoms. The SMILES string of the molecule is COCC1(C(=O)Nc2ccc(O)c(Cl)c2)CCNCC1. The highest BCUT2D eigenvalue weighted by molar-refractivity contribution is 6.32. The Labute approximate surface area is 123 Å². The first-order chi connectivity index (χ1) is 9.57. The van der Waals surface area contributed by atoms with Crippen LogP contribution in [0.25, 0.3) is 0 Å². The average molecular weight is 299 g/mol. The summed E-state index contributed by atoms with van der Waals surface area (Å²) in [6.07, 6.45) is 1.47. The van der Waals surface area contributed by atoms with E-state index in [-0.39, 0.29) is 16.7 Å². The monoisotopic (exact) mass is 298 g/mol. The Bertz CT molecular complexity index is 482. The number of methoxy groups -OCH3 is 1. The first-order valence-corrected chi connectivity index (χ1v) is 6.95. The van der Waals surface area contributed by atoms with Crippen molar-refractivity contribution in [2.45, 2.75) is 12.8 Å². The zero-order chi connectivity index (χ0) is 14.6. The van der Waals surface area contributed by atoms with Gasteiger partial charge in [-0.2, -0.15) is 0 Å². The number of hydrogen-bond acceptors (Lipinski definition) is 4. The van der Waals surface area contributed by atoms with Crippen LogP contribution in [-0.4, -0.2) is 37.8 Å². The Balaban J connectivity index is 2.13. The van der Waals surface area contributed by atoms with Gasteiger partial charge >= 0.3 is 0 Å². The molecule has 2 rings (SSSR count). The topological polar surface area (TPSA) is 70.6 Å². The number of rotatable bonds is 4. The van der Waals surface area contributed by atoms with Crippen molar-refractivity contribution < 1.29 is 14.6 Å². The summed E-state index contributed by atoms with van der Waals surface area (Å²) in [5, 5.41) is 15.7. The van der Waals surface area contributed by atoms with E-state index < -0.39 is 5.41 Å². The third kappa shape index (κ3) is 3.23. The molecule has 1 amide bonds. The molecule has 1 heterocycles. The molecular weight excluding hydrogens is 280 g/mol. The average Bonchev–Trinajstić information content (AvgIpc) is 2.44. The lowest BCUT2D eigenvalue weighted by Gasteiger charge is -2.35. The molecule has 0 radical (unpaired) electrons. The standard InChI is InChI=1S/C14H19ClN2O3/c1-20-9-14(4-6-16-7-5-14)13(19)17-10-2-3-12(18)11(15)8-10/h2-3,8,16,18H,4-7,9H2,1H3,(H,17,19). The fourth-order valence-corrected chi connectivity index (χ4v) is 2.65. The Morgan fingerprint density at radius 2 is 2.20 bits per heavy atom. The lowest BCUT2D eigenvalue weighted by atomic mass is 9.78. The minimum absolute atomic E-state index is 0.00173. The van der Waals surface area contributed by atoms with Crippen molar-refractivity contribution in [3.05, 3.63) is 23.2 Å². The van der Waals surface area contributed by atoms with Gasteiger partial charge in [0.15, 0.2) is 0 Å². The van der Waals surface area contributed by atoms with E-state index in [4.69, 9.17) is 16.3 Å². The van der Waals surface area contributed by atoms with Crippen molar-refractivity contribution in [3.8, 4) is 5.75 Å². The molecule has 1 aliphatic rings. The van der Waals surface area contributed by atoms with Gasteiger partial charge in [0.05, 0.1) is 17.0 Å². The van der Waals surface area contributed by atoms with E-state index in [1.54, 1.807) is 13.2 Å². The van der Waals surface area contributed by atoms with E-state index in [0.717, 1.165) is 25.9 Å². The van der Waals surface area contributed by atoms with Gasteiger partial charge in [0, 0.05) is 12.8 Å². The molecule has 1 fully saturated rings. The van der Waals surface area contributed by atoms with E-state index in [1.165, 1.54) is 12.1 Å². The van der Waals surface area contributed by atoms with Crippen molar-refractivity contribution in [1.82, 2.24) is 5.32 Å². The van der Waals surface area contributed by atoms with Crippen molar-refractivity contribution in [1.29, 1.82) is 0 Å². The quantitative estimate of drug-likeness (QED) is 0.744. The van der Waals surface area contributed by atoms with Crippen molar-refractivity contribution >= 4 is 23.2 Å². The number of amides is 1. The molecule has 20 heavy (non-hydrogen) atoms. The number of hydrogen-bond donors (Lipinski definition) is 3. The molecule has 0 bridgehead atoms. The van der Waals surface area contributed by atoms with Crippen LogP contribution < -0.4 is 10.6 Å². The summed E-state index contributed by atoms with van der Waals surface area (Å²) in [6.45, 7) is 1.99. The maximum Gasteiger partial charge on any atom is 0.233 e. The Hall–Kier alpha value is -1.30. The van der Waals surface area contributed by atoms with Gasteiger partial charge in [0.2, 0.25) is 5.91 Å². The number of phenols is 1. The number of carbonyl (C=O) groups is 1. The Kier molecular flexibility index (Phi) is 4.86. The van der Waals surface area contributed by atoms with Crippen LogP contribution in [0.3, 0.4) is 0 Å². The highest BCUT2D eigenvalue weighted by Gasteiger charge is 2.39. The van der Waals surface area contributed by atoms with E-state index in [0.29, 0.717) is 12.3 Å². The summed E-state index contributed by atoms with van der Waals surface area (Å²) < 4.78 is 5.23. The van der Waals surface area contributed by atoms with E-state index >= 15 is 0 Å². The van der Waals surface area contributed by atoms with Crippen molar-refractivity contribution in [2.75, 3.05) is 32.1 Å². The maximum atomic E-state index is 12.6. The molecule has 0 saturated carbocycles. The number of anilines is 1. The van der Waals surface area contributed by atoms with Gasteiger partial charge in [-0.3, -0.25) is 4.79 Å². The van der Waals surface area contributed by atoms with E-state index in [9.17, 15) is 9.90 Å². The number of phenolic OH excluding ortho intramolecular Hbond substituents is 1. The van der Waals surface area contributed by atoms with Crippen LogP contribution in [0.5, 0.6) is 5.75 Å². The number of benzene rings is 1. The molecule has 1 aromatic rings. The molecule has 1 aromatic carbocycles. The van der Waals surface area contributed by atoms with Gasteiger partial charge in [0.25, 0.3) is 0 Å². The lowest BCUT2D eigenvalue weighted by molar-refractivity contribution is -0.130. The molecule has 110 valence electrons. The number of halogens is 1. The second-order valence-corrected chi connectivity index (χ2v) is 5.49. The number of piperidine rings is 1. The van der Waals surface area contributed by atoms with Crippen molar-refractivity contribution in [2.24, 2.45) is 5.41 Å². The van der Waals surface area contributed by atoms with E-state index in [2.05, 4.69) is 10.6 Å². The van der Waals surface area contributed by atoms with Crippen LogP contribution in [-0.2, 0) is 9.53 Å². The highest BCUT2D eigenvalue weighted by Crippen LogP contribution is 2.32. The third-order valence-corrected chi connectivity index (χ3v) is 3.97. The second-order valence-electron chi connectivity index (χ2n) is 5.08. The molecular formula is C14H19ClN2O3. The smallest absolute Gasteiger partial charge is 0.233 e. The van der Waals surface area contributed by atoms with Gasteiger partial charge in [-0.1, -0.05) is 11.6 Å². The largest absolute Gasteiger partial charge is 0.506 e. The summed E-state index contributed by atoms with van der Waals surface area (Å²) in [5.74, 6) is -0.0688. The predicted molar refractivity (Wildman–Crippen MR) is 78.2 cm³/mol. The van der Waals surface area contributed by atoms with E-state index in [1.807, 2.05) is 0 Å². The molecule has 6 heteroatoms. The van der Waals surface area contributed by atoms with Crippen LogP contribution in [0.15, 0.2) is 18.2 Å². The summed E-state index contributed by atoms with van der Waals surface area (Å²) in [5.41, 5.74) is 0.0662. The van der Waals surface area contributed by atoms with Crippen LogP contribution in [0, 0.1) is 5.41 Å². The van der Waals surface area contributed by atoms with Crippen LogP contribution in [0.2, 0.25) is 5.02 Å². The molecule has 1 saturated heterocycles. The maximum absolute atomic E-state index is 12.6. The van der Waals surface area contributed by atoms with Crippen LogP contribution >= 0.6 is 11.6 Å². The minimum atomic E-state index is -0.510. The predicted octanol–water partition coefficient (Wildman–Crippen LogP) is 2.00. The summed E-state index contributed by atoms with van der Waals surface area (Å²) >= 11 is 5.84. The van der Waals surface area contributed by atoms with Gasteiger partial charge in [-0.15, -0.1) is 0 Å². The number of carbonyl (C=O) groups excluding carboxylic acids is 1. The Morgan fingerprint density at radius 1 is 1.50 bits per heavy atom. The van der Waals surface area contributed by atoms with Crippen LogP contribution in [0.4, 0.5) is 5.69 Å². The molecule has 0 aliphatic carbocycles. The summed E-state index contributed by atoms with van der Waals surface area (Å²) in [6, 6.07) is 4.63. The zero-order valence-electron chi connectivity index (χ0n) is 11.4. The normalized spacial score (nSPS) is 17.7. The first-order valence-electron chi connectivity index (χ1n) is 6.57. The minimum Gasteiger partial charge on any atom is -0.506 e. The summed E-state index contributed by atoms with van der Waals surface area (Å²) in [4.78, 5) is 12.6. The molecule has 3 N–H and O–H groups in total. The lowest BCUT2D eigenvalue weighted by Crippen LogP contribution is -2.47. The Morgan fingerprint density at radius 3 is 2.80 bits per heavy atom. The highest BCUT2D eigenvalue weighted by atomic mass is 35.5. The van der Waals surface area contributed by atoms with Crippen LogP contribution in [0.1, 0.15) is 12.8 Å². The fourth-order valence-electron chi connectivity index (χ4n) is 2.47. The second kappa shape index (κ2) is 6.43. The molecule has 0 aromatic heterocycles. The molecule has 0 atom stereocenters. The zero-order valence-corrected chi connectivity index (χ0v) is 12.2. The fraction of sp³-hybridized carbons (Fsp3) is 0.500. The first kappa shape index (κ1) is 15.1. The van der Waals surface area contributed by atoms with Gasteiger partial charge < -0.3 is 20.5 Å². The van der Waals surface area contributed by atoms with Gasteiger partial charge in [-0.25, -0.2) is 0 Å². The molecule has 0 unspecified atom stereocenters. The van der Waals surface area contributed by atoms with Gasteiger partial charge in [-0.05, 0) is 44.1 Å². The molecule has 5 nitrogen and oxygen atoms in total. The summed E-state index contributed by atoms with van der Waals surface area (Å²) in [7, 11) is 1.61.